The number of nitrogens with one attached hydrogen (secondary N) is 2. The maximum Gasteiger partial charge on any atom is 0.329 e. The van der Waals surface area contributed by atoms with Crippen molar-refractivity contribution in [3.8, 4) is 22.6 Å². The molecule has 1 amide bonds. The van der Waals surface area contributed by atoms with Crippen LogP contribution >= 0.6 is 11.6 Å². The average Bonchev–Trinajstić information content (AvgIpc) is 3.54. The van der Waals surface area contributed by atoms with Crippen molar-refractivity contribution in [3.05, 3.63) is 131 Å². The van der Waals surface area contributed by atoms with E-state index in [9.17, 15) is 14.7 Å². The maximum atomic E-state index is 13.1. The number of carbonyl (C=O) groups is 2. The van der Waals surface area contributed by atoms with Gasteiger partial charge in [0.2, 0.25) is 5.91 Å². The summed E-state index contributed by atoms with van der Waals surface area (Å²) in [4.78, 5) is 38.8. The molecule has 3 aliphatic rings. The molecule has 5 aromatic rings. The molecule has 61 heavy (non-hydrogen) atoms. The summed E-state index contributed by atoms with van der Waals surface area (Å²) >= 11 is 6.32. The van der Waals surface area contributed by atoms with Crippen LogP contribution in [0.25, 0.3) is 11.1 Å². The summed E-state index contributed by atoms with van der Waals surface area (Å²) in [5.74, 6) is 1.92. The molecular formula is C50H56ClN5O5. The number of aliphatic carboxylic acids is 1. The third kappa shape index (κ3) is 9.55. The minimum atomic E-state index is -1.10. The summed E-state index contributed by atoms with van der Waals surface area (Å²) in [5, 5.41) is 17.7. The predicted molar refractivity (Wildman–Crippen MR) is 238 cm³/mol. The van der Waals surface area contributed by atoms with Gasteiger partial charge < -0.3 is 25.2 Å². The lowest BCUT2D eigenvalue weighted by Crippen LogP contribution is -2.53. The van der Waals surface area contributed by atoms with Crippen LogP contribution in [-0.2, 0) is 34.3 Å². The predicted octanol–water partition coefficient (Wildman–Crippen LogP) is 9.78. The maximum absolute atomic E-state index is 13.1. The average molecular weight is 842 g/mol. The van der Waals surface area contributed by atoms with E-state index in [2.05, 4.69) is 57.6 Å². The molecule has 0 radical (unpaired) electrons. The summed E-state index contributed by atoms with van der Waals surface area (Å²) in [6.07, 6.45) is 15.5. The monoisotopic (exact) mass is 841 g/mol. The lowest BCUT2D eigenvalue weighted by Gasteiger charge is -2.47. The van der Waals surface area contributed by atoms with Gasteiger partial charge in [-0.05, 0) is 146 Å². The molecule has 3 aromatic carbocycles. The zero-order valence-corrected chi connectivity index (χ0v) is 35.9. The first-order valence-corrected chi connectivity index (χ1v) is 22.2. The molecule has 0 saturated heterocycles. The molecule has 10 nitrogen and oxygen atoms in total. The van der Waals surface area contributed by atoms with Gasteiger partial charge in [0.25, 0.3) is 0 Å². The number of carboxylic acid groups (broad SMARTS) is 1. The third-order valence-corrected chi connectivity index (χ3v) is 13.6. The quantitative estimate of drug-likeness (QED) is 0.0830. The van der Waals surface area contributed by atoms with Crippen LogP contribution in [0.1, 0.15) is 99.1 Å². The van der Waals surface area contributed by atoms with Gasteiger partial charge in [-0.3, -0.25) is 9.78 Å². The first kappa shape index (κ1) is 42.2. The molecule has 2 heterocycles. The molecule has 11 heteroatoms. The highest BCUT2D eigenvalue weighted by Gasteiger charge is 2.54. The van der Waals surface area contributed by atoms with Gasteiger partial charge >= 0.3 is 5.97 Å². The van der Waals surface area contributed by atoms with Gasteiger partial charge in [0, 0.05) is 52.7 Å². The Kier molecular flexibility index (Phi) is 12.9. The van der Waals surface area contributed by atoms with Crippen molar-refractivity contribution in [3.63, 3.8) is 0 Å². The smallest absolute Gasteiger partial charge is 0.329 e. The number of aryl methyl sites for hydroxylation is 1. The number of amides is 1. The van der Waals surface area contributed by atoms with Crippen molar-refractivity contribution in [2.45, 2.75) is 101 Å². The summed E-state index contributed by atoms with van der Waals surface area (Å²) < 4.78 is 13.0. The Balaban J connectivity index is 0.929. The van der Waals surface area contributed by atoms with Crippen molar-refractivity contribution >= 4 is 29.2 Å². The van der Waals surface area contributed by atoms with Gasteiger partial charge in [-0.1, -0.05) is 61.8 Å². The first-order valence-electron chi connectivity index (χ1n) is 21.9. The molecule has 3 N–H and O–H groups in total. The molecular weight excluding hydrogens is 786 g/mol. The second-order valence-electron chi connectivity index (χ2n) is 17.6. The topological polar surface area (TPSA) is 136 Å². The van der Waals surface area contributed by atoms with Gasteiger partial charge in [0.15, 0.2) is 0 Å². The fourth-order valence-electron chi connectivity index (χ4n) is 10.2. The third-order valence-electron chi connectivity index (χ3n) is 13.4. The van der Waals surface area contributed by atoms with Crippen LogP contribution in [0.15, 0.2) is 97.7 Å². The standard InChI is InChI=1S/C50H56ClN5O5/c1-33(31-61-45-15-21-54-44-12-3-7-34(2)47(44)45)23-39-26-37-13-14-42(60-22-6-20-55-46(57)25-35-8-4-9-36(24-35)38-29-52-32-53-30-38)28-43(37)49(39)16-18-50(19-17-49,48(58)59)56-41-11-5-10-40(51)27-41/h4-5,8-11,13-15,21,24,27-30,32-34,39,56H,3,6-7,12,16-20,22-23,25-26,31H2,1-2H3,(H,55,57)(H,58,59)/t33-,34-,39+,49?,50?/m1/s1. The molecule has 0 aliphatic heterocycles. The van der Waals surface area contributed by atoms with E-state index in [1.54, 1.807) is 24.5 Å². The molecule has 1 spiro atoms. The highest BCUT2D eigenvalue weighted by Crippen LogP contribution is 2.57. The summed E-state index contributed by atoms with van der Waals surface area (Å²) in [6.45, 7) is 6.12. The van der Waals surface area contributed by atoms with E-state index in [4.69, 9.17) is 21.1 Å². The van der Waals surface area contributed by atoms with Gasteiger partial charge in [-0.25, -0.2) is 14.8 Å². The van der Waals surface area contributed by atoms with E-state index in [0.717, 1.165) is 73.1 Å². The molecule has 2 aromatic heterocycles. The zero-order chi connectivity index (χ0) is 42.4. The summed E-state index contributed by atoms with van der Waals surface area (Å²) in [6, 6.07) is 23.7. The van der Waals surface area contributed by atoms with E-state index >= 15 is 0 Å². The van der Waals surface area contributed by atoms with Crippen LogP contribution in [-0.4, -0.2) is 57.2 Å². The number of nitrogens with zero attached hydrogens (tertiary/aromatic N) is 3. The number of aromatic nitrogens is 3. The van der Waals surface area contributed by atoms with Crippen LogP contribution in [0.3, 0.4) is 0 Å². The van der Waals surface area contributed by atoms with Crippen molar-refractivity contribution in [2.24, 2.45) is 11.8 Å². The Morgan fingerprint density at radius 3 is 2.59 bits per heavy atom. The molecule has 0 unspecified atom stereocenters. The normalized spacial score (nSPS) is 22.1. The van der Waals surface area contributed by atoms with Crippen LogP contribution in [0.2, 0.25) is 5.02 Å². The fraction of sp³-hybridized carbons (Fsp3) is 0.420. The number of carbonyl (C=O) groups excluding carboxylic acids is 1. The Morgan fingerprint density at radius 1 is 0.967 bits per heavy atom. The van der Waals surface area contributed by atoms with Crippen LogP contribution in [0.4, 0.5) is 5.69 Å². The number of ether oxygens (including phenoxy) is 2. The van der Waals surface area contributed by atoms with E-state index in [-0.39, 0.29) is 23.7 Å². The van der Waals surface area contributed by atoms with Crippen LogP contribution in [0.5, 0.6) is 11.5 Å². The second kappa shape index (κ2) is 18.6. The molecule has 1 saturated carbocycles. The summed E-state index contributed by atoms with van der Waals surface area (Å²) in [7, 11) is 0. The number of pyridine rings is 1. The molecule has 3 atom stereocenters. The number of hydrogen-bond donors (Lipinski definition) is 3. The minimum absolute atomic E-state index is 0.0408. The van der Waals surface area contributed by atoms with Gasteiger partial charge in [-0.2, -0.15) is 0 Å². The lowest BCUT2D eigenvalue weighted by molar-refractivity contribution is -0.144. The van der Waals surface area contributed by atoms with Gasteiger partial charge in [0.05, 0.1) is 19.6 Å². The SMILES string of the molecule is C[C@@H](COc1ccnc2c1[C@H](C)CCC2)C[C@H]1Cc2ccc(OCCCNC(=O)Cc3cccc(-c4cncnc4)c3)cc2C12CCC(Nc1cccc(Cl)c1)(C(=O)O)CC2. The molecule has 8 rings (SSSR count). The molecule has 3 aliphatic carbocycles. The number of fused-ring (bicyclic) bond motifs is 3. The number of halogens is 1. The number of anilines is 1. The first-order chi connectivity index (χ1) is 29.6. The Bertz CT molecular complexity index is 2330. The van der Waals surface area contributed by atoms with Gasteiger partial charge in [0.1, 0.15) is 23.4 Å². The minimum Gasteiger partial charge on any atom is -0.494 e. The number of carboxylic acids is 1. The van der Waals surface area contributed by atoms with E-state index in [1.807, 2.05) is 48.7 Å². The fourth-order valence-corrected chi connectivity index (χ4v) is 10.4. The summed E-state index contributed by atoms with van der Waals surface area (Å²) in [5.41, 5.74) is 7.24. The highest BCUT2D eigenvalue weighted by molar-refractivity contribution is 6.30. The Morgan fingerprint density at radius 2 is 1.79 bits per heavy atom. The van der Waals surface area contributed by atoms with E-state index in [0.29, 0.717) is 61.6 Å². The van der Waals surface area contributed by atoms with E-state index < -0.39 is 11.5 Å². The van der Waals surface area contributed by atoms with Gasteiger partial charge in [-0.15, -0.1) is 0 Å². The largest absolute Gasteiger partial charge is 0.494 e. The van der Waals surface area contributed by atoms with Crippen LogP contribution in [0, 0.1) is 11.8 Å². The highest BCUT2D eigenvalue weighted by atomic mass is 35.5. The Labute approximate surface area is 363 Å². The van der Waals surface area contributed by atoms with E-state index in [1.165, 1.54) is 28.7 Å². The Hall–Kier alpha value is -5.48. The number of hydrogen-bond acceptors (Lipinski definition) is 8. The van der Waals surface area contributed by atoms with Crippen molar-refractivity contribution < 1.29 is 24.2 Å². The number of rotatable bonds is 16. The molecule has 1 fully saturated rings. The lowest BCUT2D eigenvalue weighted by atomic mass is 9.59. The number of benzene rings is 3. The van der Waals surface area contributed by atoms with Crippen molar-refractivity contribution in [1.29, 1.82) is 0 Å². The molecule has 0 bridgehead atoms. The molecule has 318 valence electrons. The van der Waals surface area contributed by atoms with Crippen LogP contribution < -0.4 is 20.1 Å². The van der Waals surface area contributed by atoms with Crippen molar-refractivity contribution in [1.82, 2.24) is 20.3 Å². The van der Waals surface area contributed by atoms with Crippen molar-refractivity contribution in [2.75, 3.05) is 25.1 Å². The second-order valence-corrected chi connectivity index (χ2v) is 18.0. The zero-order valence-electron chi connectivity index (χ0n) is 35.2.